The molecular weight excluding hydrogens is 753 g/mol. The van der Waals surface area contributed by atoms with E-state index < -0.39 is 13.9 Å². The summed E-state index contributed by atoms with van der Waals surface area (Å²) in [7, 11) is -2.21. The van der Waals surface area contributed by atoms with E-state index in [4.69, 9.17) is 32.8 Å². The largest absolute Gasteiger partial charge is 0.489 e. The van der Waals surface area contributed by atoms with E-state index in [1.807, 2.05) is 36.4 Å². The molecule has 0 spiro atoms. The van der Waals surface area contributed by atoms with Crippen LogP contribution in [0.2, 0.25) is 18.1 Å². The van der Waals surface area contributed by atoms with Crippen LogP contribution >= 0.6 is 0 Å². The first kappa shape index (κ1) is 44.9. The minimum atomic E-state index is -2.21. The number of allylic oxidation sites excluding steroid dienone is 1. The average molecular weight is 821 g/mol. The highest BCUT2D eigenvalue weighted by atomic mass is 28.4. The predicted octanol–water partition coefficient (Wildman–Crippen LogP) is 11.8. The topological polar surface area (TPSA) is 64.6 Å². The van der Waals surface area contributed by atoms with Gasteiger partial charge in [0.25, 0.3) is 0 Å². The molecule has 6 atom stereocenters. The molecule has 6 rings (SSSR count). The zero-order valence-electron chi connectivity index (χ0n) is 36.4. The molecule has 0 aliphatic carbocycles. The molecule has 318 valence electrons. The van der Waals surface area contributed by atoms with Gasteiger partial charge in [0, 0.05) is 19.4 Å². The lowest BCUT2D eigenvalue weighted by Gasteiger charge is -2.47. The Balaban J connectivity index is 1.20. The molecule has 0 bridgehead atoms. The molecule has 2 aliphatic rings. The van der Waals surface area contributed by atoms with Gasteiger partial charge >= 0.3 is 0 Å². The molecule has 1 fully saturated rings. The third kappa shape index (κ3) is 13.7. The van der Waals surface area contributed by atoms with E-state index in [1.54, 1.807) is 0 Å². The Hall–Kier alpha value is -3.60. The third-order valence-corrected chi connectivity index (χ3v) is 16.7. The smallest absolute Gasteiger partial charge is 0.192 e. The quantitative estimate of drug-likeness (QED) is 0.0650. The van der Waals surface area contributed by atoms with Crippen LogP contribution in [0.5, 0.6) is 0 Å². The molecular formula is C51H68O7Si. The van der Waals surface area contributed by atoms with Crippen molar-refractivity contribution in [3.63, 3.8) is 0 Å². The number of ether oxygens (including phenoxy) is 6. The highest BCUT2D eigenvalue weighted by molar-refractivity contribution is 6.74. The van der Waals surface area contributed by atoms with E-state index in [2.05, 4.69) is 132 Å². The van der Waals surface area contributed by atoms with Crippen molar-refractivity contribution in [3.8, 4) is 0 Å². The Morgan fingerprint density at radius 3 is 1.75 bits per heavy atom. The molecule has 0 unspecified atom stereocenters. The molecule has 7 nitrogen and oxygen atoms in total. The second-order valence-electron chi connectivity index (χ2n) is 18.0. The summed E-state index contributed by atoms with van der Waals surface area (Å²) in [6.07, 6.45) is 5.87. The van der Waals surface area contributed by atoms with Crippen LogP contribution in [-0.4, -0.2) is 57.7 Å². The Morgan fingerprint density at radius 1 is 0.661 bits per heavy atom. The molecule has 2 aliphatic heterocycles. The van der Waals surface area contributed by atoms with Crippen LogP contribution in [0, 0.1) is 0 Å². The van der Waals surface area contributed by atoms with Gasteiger partial charge in [0.05, 0.1) is 63.2 Å². The van der Waals surface area contributed by atoms with Crippen molar-refractivity contribution in [1.82, 2.24) is 0 Å². The molecule has 59 heavy (non-hydrogen) atoms. The van der Waals surface area contributed by atoms with Crippen LogP contribution in [0.4, 0.5) is 0 Å². The predicted molar refractivity (Wildman–Crippen MR) is 238 cm³/mol. The molecule has 0 N–H and O–H groups in total. The summed E-state index contributed by atoms with van der Waals surface area (Å²) in [5, 5.41) is 0.0239. The molecule has 0 amide bonds. The van der Waals surface area contributed by atoms with E-state index in [-0.39, 0.29) is 35.6 Å². The van der Waals surface area contributed by atoms with Gasteiger partial charge in [-0.15, -0.1) is 0 Å². The van der Waals surface area contributed by atoms with Crippen LogP contribution in [0.15, 0.2) is 133 Å². The van der Waals surface area contributed by atoms with E-state index in [9.17, 15) is 0 Å². The van der Waals surface area contributed by atoms with Gasteiger partial charge in [0.2, 0.25) is 0 Å². The third-order valence-electron chi connectivity index (χ3n) is 12.2. The summed E-state index contributed by atoms with van der Waals surface area (Å²) in [5.74, 6) is 0.935. The van der Waals surface area contributed by atoms with Gasteiger partial charge in [-0.2, -0.15) is 0 Å². The van der Waals surface area contributed by atoms with Crippen LogP contribution < -0.4 is 0 Å². The second-order valence-corrected chi connectivity index (χ2v) is 22.8. The summed E-state index contributed by atoms with van der Waals surface area (Å²) in [6, 6.07) is 41.4. The summed E-state index contributed by atoms with van der Waals surface area (Å²) in [6.45, 7) is 16.9. The van der Waals surface area contributed by atoms with Crippen molar-refractivity contribution >= 4 is 8.32 Å². The minimum absolute atomic E-state index is 0.0239. The zero-order chi connectivity index (χ0) is 41.6. The van der Waals surface area contributed by atoms with Crippen molar-refractivity contribution < 1.29 is 32.8 Å². The number of hydrogen-bond donors (Lipinski definition) is 0. The average Bonchev–Trinajstić information content (AvgIpc) is 3.38. The summed E-state index contributed by atoms with van der Waals surface area (Å²) >= 11 is 0. The monoisotopic (exact) mass is 820 g/mol. The molecule has 0 aromatic heterocycles. The lowest BCUT2D eigenvalue weighted by Crippen LogP contribution is -2.55. The van der Waals surface area contributed by atoms with Crippen LogP contribution in [0.1, 0.15) is 88.5 Å². The highest BCUT2D eigenvalue weighted by Crippen LogP contribution is 2.42. The van der Waals surface area contributed by atoms with Gasteiger partial charge < -0.3 is 32.8 Å². The second kappa shape index (κ2) is 21.8. The van der Waals surface area contributed by atoms with Gasteiger partial charge in [-0.25, -0.2) is 0 Å². The number of benzene rings is 4. The van der Waals surface area contributed by atoms with Crippen molar-refractivity contribution in [2.45, 2.75) is 147 Å². The van der Waals surface area contributed by atoms with Crippen molar-refractivity contribution in [2.75, 3.05) is 13.2 Å². The Bertz CT molecular complexity index is 1810. The Labute approximate surface area is 355 Å². The first-order chi connectivity index (χ1) is 28.5. The molecule has 2 heterocycles. The lowest BCUT2D eigenvalue weighted by molar-refractivity contribution is -0.202. The van der Waals surface area contributed by atoms with Gasteiger partial charge in [-0.05, 0) is 79.1 Å². The fourth-order valence-electron chi connectivity index (χ4n) is 7.72. The van der Waals surface area contributed by atoms with Gasteiger partial charge in [0.1, 0.15) is 11.7 Å². The SMILES string of the molecule is CC(C)(C)[Si](C)(C)O[C@@H]1C[C@H](OCc2ccccc2)[C@@H](COCc2ccccc2)O[C@H]1CC1=CCC[C@@H](OCc2ccccc2)[C@](C)(CCCOCc2ccccc2)O1. The molecule has 1 saturated heterocycles. The lowest BCUT2D eigenvalue weighted by atomic mass is 9.90. The van der Waals surface area contributed by atoms with Crippen LogP contribution in [-0.2, 0) is 59.3 Å². The van der Waals surface area contributed by atoms with Gasteiger partial charge in [0.15, 0.2) is 8.32 Å². The maximum absolute atomic E-state index is 7.29. The number of hydrogen-bond acceptors (Lipinski definition) is 7. The van der Waals surface area contributed by atoms with Crippen molar-refractivity contribution in [3.05, 3.63) is 155 Å². The maximum Gasteiger partial charge on any atom is 0.192 e. The van der Waals surface area contributed by atoms with E-state index in [1.165, 1.54) is 5.56 Å². The molecule has 0 radical (unpaired) electrons. The van der Waals surface area contributed by atoms with E-state index >= 15 is 0 Å². The summed E-state index contributed by atoms with van der Waals surface area (Å²) < 4.78 is 47.7. The van der Waals surface area contributed by atoms with Crippen molar-refractivity contribution in [2.24, 2.45) is 0 Å². The van der Waals surface area contributed by atoms with E-state index in [0.29, 0.717) is 52.5 Å². The number of rotatable bonds is 20. The Kier molecular flexibility index (Phi) is 16.6. The first-order valence-electron chi connectivity index (χ1n) is 21.7. The minimum Gasteiger partial charge on any atom is -0.489 e. The summed E-state index contributed by atoms with van der Waals surface area (Å²) in [5.41, 5.74) is 4.02. The molecule has 4 aromatic rings. The molecule has 4 aromatic carbocycles. The van der Waals surface area contributed by atoms with E-state index in [0.717, 1.165) is 48.1 Å². The molecule has 8 heteroatoms. The normalized spacial score (nSPS) is 23.9. The maximum atomic E-state index is 7.29. The van der Waals surface area contributed by atoms with Crippen LogP contribution in [0.3, 0.4) is 0 Å². The fraction of sp³-hybridized carbons (Fsp3) is 0.490. The first-order valence-corrected chi connectivity index (χ1v) is 24.6. The van der Waals surface area contributed by atoms with Gasteiger partial charge in [-0.3, -0.25) is 0 Å². The molecule has 0 saturated carbocycles. The van der Waals surface area contributed by atoms with Crippen molar-refractivity contribution in [1.29, 1.82) is 0 Å². The standard InChI is InChI=1S/C51H68O7Si/c1-50(2,3)59(5,6)58-47-34-45(54-37-42-25-15-9-16-26-42)48(39-53-36-41-23-13-8-14-24-41)56-46(47)33-44-29-19-30-49(55-38-43-27-17-10-18-28-43)51(4,57-44)31-20-32-52-35-40-21-11-7-12-22-40/h7-18,21-29,45-49H,19-20,30-39H2,1-6H3/t45-,46-,47+,48+,49+,51-/m0/s1. The van der Waals surface area contributed by atoms with Gasteiger partial charge in [-0.1, -0.05) is 142 Å². The fourth-order valence-corrected chi connectivity index (χ4v) is 9.08. The zero-order valence-corrected chi connectivity index (χ0v) is 37.4. The Morgan fingerprint density at radius 2 is 1.19 bits per heavy atom. The summed E-state index contributed by atoms with van der Waals surface area (Å²) in [4.78, 5) is 0. The highest BCUT2D eigenvalue weighted by Gasteiger charge is 2.47. The van der Waals surface area contributed by atoms with Crippen LogP contribution in [0.25, 0.3) is 0 Å².